The van der Waals surface area contributed by atoms with Crippen molar-refractivity contribution in [2.75, 3.05) is 0 Å². The average molecular weight is 233 g/mol. The quantitative estimate of drug-likeness (QED) is 0.723. The third kappa shape index (κ3) is 2.60. The zero-order valence-electron chi connectivity index (χ0n) is 7.15. The largest absolute Gasteiger partial charge is 0.144 e. The highest BCUT2D eigenvalue weighted by atomic mass is 79.9. The van der Waals surface area contributed by atoms with Gasteiger partial charge in [0, 0.05) is 14.2 Å². The summed E-state index contributed by atoms with van der Waals surface area (Å²) in [6.07, 6.45) is 1.21. The molecule has 0 aliphatic heterocycles. The minimum atomic E-state index is 0.764. The van der Waals surface area contributed by atoms with Crippen molar-refractivity contribution in [2.45, 2.75) is 27.2 Å². The predicted molar refractivity (Wildman–Crippen MR) is 55.3 cm³/mol. The molecule has 1 heterocycles. The Balaban J connectivity index is 2.73. The molecule has 2 heteroatoms. The number of rotatable bonds is 2. The molecule has 0 unspecified atom stereocenters. The van der Waals surface area contributed by atoms with E-state index in [0.717, 1.165) is 5.92 Å². The van der Waals surface area contributed by atoms with Crippen molar-refractivity contribution in [2.24, 2.45) is 5.92 Å². The molecule has 1 aromatic heterocycles. The Labute approximate surface area is 80.8 Å². The van der Waals surface area contributed by atoms with Gasteiger partial charge in [0.1, 0.15) is 0 Å². The number of thiophene rings is 1. The summed E-state index contributed by atoms with van der Waals surface area (Å²) >= 11 is 5.41. The summed E-state index contributed by atoms with van der Waals surface area (Å²) in [7, 11) is 0. The Kier molecular flexibility index (Phi) is 3.14. The van der Waals surface area contributed by atoms with E-state index in [2.05, 4.69) is 42.8 Å². The summed E-state index contributed by atoms with van der Waals surface area (Å²) in [6.45, 7) is 6.66. The maximum Gasteiger partial charge on any atom is 0.0314 e. The van der Waals surface area contributed by atoms with E-state index in [0.29, 0.717) is 0 Å². The van der Waals surface area contributed by atoms with Crippen LogP contribution in [-0.4, -0.2) is 0 Å². The first-order chi connectivity index (χ1) is 5.09. The molecule has 0 N–H and O–H groups in total. The second-order valence-corrected chi connectivity index (χ2v) is 5.41. The molecule has 0 radical (unpaired) electrons. The van der Waals surface area contributed by atoms with E-state index in [1.165, 1.54) is 20.6 Å². The van der Waals surface area contributed by atoms with Crippen LogP contribution in [0.4, 0.5) is 0 Å². The van der Waals surface area contributed by atoms with Gasteiger partial charge in [-0.25, -0.2) is 0 Å². The molecule has 1 aromatic rings. The third-order valence-corrected chi connectivity index (χ3v) is 3.68. The monoisotopic (exact) mass is 232 g/mol. The Morgan fingerprint density at radius 1 is 1.55 bits per heavy atom. The molecular weight excluding hydrogens is 220 g/mol. The molecule has 62 valence electrons. The SMILES string of the molecule is Cc1sc(CC(C)C)cc1Br. The van der Waals surface area contributed by atoms with Gasteiger partial charge in [-0.3, -0.25) is 0 Å². The van der Waals surface area contributed by atoms with Crippen LogP contribution in [0.1, 0.15) is 23.6 Å². The molecule has 0 spiro atoms. The van der Waals surface area contributed by atoms with Crippen molar-refractivity contribution in [1.82, 2.24) is 0 Å². The first-order valence-electron chi connectivity index (χ1n) is 3.84. The average Bonchev–Trinajstić information content (AvgIpc) is 2.10. The molecule has 0 amide bonds. The molecule has 0 fully saturated rings. The lowest BCUT2D eigenvalue weighted by Crippen LogP contribution is -1.89. The van der Waals surface area contributed by atoms with Gasteiger partial charge in [-0.1, -0.05) is 13.8 Å². The molecule has 0 bridgehead atoms. The van der Waals surface area contributed by atoms with Gasteiger partial charge in [-0.2, -0.15) is 0 Å². The van der Waals surface area contributed by atoms with Crippen molar-refractivity contribution in [3.05, 3.63) is 20.3 Å². The Bertz CT molecular complexity index is 218. The topological polar surface area (TPSA) is 0 Å². The molecular formula is C9H13BrS. The molecule has 0 nitrogen and oxygen atoms in total. The highest BCUT2D eigenvalue weighted by Gasteiger charge is 2.03. The van der Waals surface area contributed by atoms with Crippen LogP contribution in [0.5, 0.6) is 0 Å². The summed E-state index contributed by atoms with van der Waals surface area (Å²) in [5.41, 5.74) is 0. The van der Waals surface area contributed by atoms with Crippen molar-refractivity contribution in [3.8, 4) is 0 Å². The zero-order chi connectivity index (χ0) is 8.43. The smallest absolute Gasteiger partial charge is 0.0314 e. The Morgan fingerprint density at radius 2 is 2.18 bits per heavy atom. The van der Waals surface area contributed by atoms with Gasteiger partial charge in [0.25, 0.3) is 0 Å². The van der Waals surface area contributed by atoms with Crippen LogP contribution in [-0.2, 0) is 6.42 Å². The second kappa shape index (κ2) is 3.72. The van der Waals surface area contributed by atoms with Gasteiger partial charge in [-0.05, 0) is 41.3 Å². The summed E-state index contributed by atoms with van der Waals surface area (Å²) in [5, 5.41) is 0. The first kappa shape index (κ1) is 9.27. The number of aryl methyl sites for hydroxylation is 1. The standard InChI is InChI=1S/C9H13BrS/c1-6(2)4-8-5-9(10)7(3)11-8/h5-6H,4H2,1-3H3. The second-order valence-electron chi connectivity index (χ2n) is 3.21. The number of hydrogen-bond acceptors (Lipinski definition) is 1. The van der Waals surface area contributed by atoms with E-state index < -0.39 is 0 Å². The van der Waals surface area contributed by atoms with E-state index in [1.54, 1.807) is 0 Å². The van der Waals surface area contributed by atoms with Gasteiger partial charge in [0.05, 0.1) is 0 Å². The molecule has 0 saturated carbocycles. The lowest BCUT2D eigenvalue weighted by Gasteiger charge is -1.98. The molecule has 0 aromatic carbocycles. The third-order valence-electron chi connectivity index (χ3n) is 1.52. The van der Waals surface area contributed by atoms with E-state index in [-0.39, 0.29) is 0 Å². The van der Waals surface area contributed by atoms with Crippen LogP contribution in [0.2, 0.25) is 0 Å². The summed E-state index contributed by atoms with van der Waals surface area (Å²) in [5.74, 6) is 0.764. The molecule has 0 saturated heterocycles. The lowest BCUT2D eigenvalue weighted by molar-refractivity contribution is 0.654. The normalized spacial score (nSPS) is 11.0. The highest BCUT2D eigenvalue weighted by Crippen LogP contribution is 2.27. The van der Waals surface area contributed by atoms with Gasteiger partial charge in [-0.15, -0.1) is 11.3 Å². The fourth-order valence-corrected chi connectivity index (χ4v) is 2.83. The number of hydrogen-bond donors (Lipinski definition) is 0. The molecule has 0 aliphatic carbocycles. The van der Waals surface area contributed by atoms with Gasteiger partial charge >= 0.3 is 0 Å². The fraction of sp³-hybridized carbons (Fsp3) is 0.556. The predicted octanol–water partition coefficient (Wildman–Crippen LogP) is 4.02. The van der Waals surface area contributed by atoms with Crippen LogP contribution < -0.4 is 0 Å². The molecule has 1 rings (SSSR count). The fourth-order valence-electron chi connectivity index (χ4n) is 1.02. The zero-order valence-corrected chi connectivity index (χ0v) is 9.55. The van der Waals surface area contributed by atoms with Crippen molar-refractivity contribution in [3.63, 3.8) is 0 Å². The van der Waals surface area contributed by atoms with Crippen LogP contribution in [0, 0.1) is 12.8 Å². The van der Waals surface area contributed by atoms with Gasteiger partial charge in [0.15, 0.2) is 0 Å². The van der Waals surface area contributed by atoms with E-state index in [1.807, 2.05) is 11.3 Å². The van der Waals surface area contributed by atoms with Gasteiger partial charge < -0.3 is 0 Å². The maximum absolute atomic E-state index is 3.52. The number of halogens is 1. The first-order valence-corrected chi connectivity index (χ1v) is 5.45. The van der Waals surface area contributed by atoms with Crippen LogP contribution in [0.3, 0.4) is 0 Å². The van der Waals surface area contributed by atoms with E-state index in [9.17, 15) is 0 Å². The van der Waals surface area contributed by atoms with Crippen molar-refractivity contribution in [1.29, 1.82) is 0 Å². The summed E-state index contributed by atoms with van der Waals surface area (Å²) in [6, 6.07) is 2.24. The van der Waals surface area contributed by atoms with Crippen LogP contribution in [0.15, 0.2) is 10.5 Å². The molecule has 0 aliphatic rings. The van der Waals surface area contributed by atoms with Crippen molar-refractivity contribution < 1.29 is 0 Å². The van der Waals surface area contributed by atoms with Gasteiger partial charge in [0.2, 0.25) is 0 Å². The summed E-state index contributed by atoms with van der Waals surface area (Å²) < 4.78 is 1.26. The minimum Gasteiger partial charge on any atom is -0.144 e. The van der Waals surface area contributed by atoms with Crippen LogP contribution in [0.25, 0.3) is 0 Å². The Hall–Kier alpha value is 0.180. The lowest BCUT2D eigenvalue weighted by atomic mass is 10.1. The van der Waals surface area contributed by atoms with Crippen LogP contribution >= 0.6 is 27.3 Å². The Morgan fingerprint density at radius 3 is 2.55 bits per heavy atom. The summed E-state index contributed by atoms with van der Waals surface area (Å²) in [4.78, 5) is 2.88. The highest BCUT2D eigenvalue weighted by molar-refractivity contribution is 9.10. The van der Waals surface area contributed by atoms with Crippen molar-refractivity contribution >= 4 is 27.3 Å². The van der Waals surface area contributed by atoms with E-state index >= 15 is 0 Å². The molecule has 11 heavy (non-hydrogen) atoms. The molecule has 0 atom stereocenters. The maximum atomic E-state index is 3.52. The van der Waals surface area contributed by atoms with E-state index in [4.69, 9.17) is 0 Å². The minimum absolute atomic E-state index is 0.764.